The molecule has 1 fully saturated rings. The van der Waals surface area contributed by atoms with Crippen molar-refractivity contribution in [3.05, 3.63) is 37.0 Å². The molecule has 0 radical (unpaired) electrons. The Hall–Kier alpha value is -0.950. The van der Waals surface area contributed by atoms with Crippen LogP contribution < -0.4 is 5.32 Å². The van der Waals surface area contributed by atoms with Gasteiger partial charge < -0.3 is 10.2 Å². The molecule has 1 heterocycles. The first kappa shape index (κ1) is 17.4. The second kappa shape index (κ2) is 6.66. The van der Waals surface area contributed by atoms with Crippen molar-refractivity contribution in [1.29, 1.82) is 0 Å². The van der Waals surface area contributed by atoms with Crippen LogP contribution in [0.3, 0.4) is 0 Å². The zero-order valence-corrected chi connectivity index (χ0v) is 15.2. The third kappa shape index (κ3) is 3.87. The summed E-state index contributed by atoms with van der Waals surface area (Å²) in [5.41, 5.74) is 0.320. The molecule has 0 amide bonds. The molecule has 4 heteroatoms. The fourth-order valence-corrected chi connectivity index (χ4v) is 4.85. The van der Waals surface area contributed by atoms with Gasteiger partial charge in [-0.3, -0.25) is 0 Å². The standard InChI is InChI=1S/C18H30FN2P/c1-13(2)22(6)10-8-16-11-17(18(5,19)12-16)21-9-7-14(3)20-15(21)4/h7,9,13,16-17,20,22H,3-4,6,8,10-12H2,1-2,5H3/t16?,17?,18-/m1/s1. The maximum absolute atomic E-state index is 15.1. The van der Waals surface area contributed by atoms with Gasteiger partial charge in [0.15, 0.2) is 0 Å². The number of nitrogens with zero attached hydrogens (tertiary/aromatic N) is 1. The van der Waals surface area contributed by atoms with Gasteiger partial charge in [-0.25, -0.2) is 4.39 Å². The summed E-state index contributed by atoms with van der Waals surface area (Å²) >= 11 is 0. The molecule has 0 aromatic rings. The highest BCUT2D eigenvalue weighted by Crippen LogP contribution is 2.44. The summed E-state index contributed by atoms with van der Waals surface area (Å²) in [6.07, 6.45) is 11.9. The van der Waals surface area contributed by atoms with Crippen LogP contribution in [0, 0.1) is 5.92 Å². The fraction of sp³-hybridized carbons (Fsp3) is 0.611. The van der Waals surface area contributed by atoms with Crippen LogP contribution in [-0.2, 0) is 0 Å². The van der Waals surface area contributed by atoms with E-state index in [2.05, 4.69) is 38.6 Å². The van der Waals surface area contributed by atoms with Gasteiger partial charge in [-0.15, -0.1) is 13.8 Å². The molecule has 0 bridgehead atoms. The lowest BCUT2D eigenvalue weighted by molar-refractivity contribution is 0.103. The molecule has 1 aliphatic carbocycles. The minimum atomic E-state index is -1.18. The molecule has 3 unspecified atom stereocenters. The van der Waals surface area contributed by atoms with E-state index in [0.29, 0.717) is 18.0 Å². The number of hydrogen-bond donors (Lipinski definition) is 1. The summed E-state index contributed by atoms with van der Waals surface area (Å²) in [5.74, 6) is 1.18. The average Bonchev–Trinajstić information content (AvgIpc) is 2.71. The Bertz CT molecular complexity index is 507. The first-order chi connectivity index (χ1) is 10.2. The van der Waals surface area contributed by atoms with E-state index in [1.54, 1.807) is 6.92 Å². The van der Waals surface area contributed by atoms with Gasteiger partial charge in [0.05, 0.1) is 6.04 Å². The molecule has 1 saturated carbocycles. The molecule has 4 atom stereocenters. The highest BCUT2D eigenvalue weighted by molar-refractivity contribution is 7.56. The highest BCUT2D eigenvalue weighted by atomic mass is 31.1. The number of alkyl halides is 1. The smallest absolute Gasteiger partial charge is 0.129 e. The van der Waals surface area contributed by atoms with Gasteiger partial charge in [-0.1, -0.05) is 27.0 Å². The van der Waals surface area contributed by atoms with Crippen molar-refractivity contribution in [2.24, 2.45) is 5.92 Å². The van der Waals surface area contributed by atoms with E-state index in [-0.39, 0.29) is 6.04 Å². The van der Waals surface area contributed by atoms with E-state index in [1.165, 1.54) is 6.16 Å². The number of nitrogens with one attached hydrogen (secondary N) is 1. The Morgan fingerprint density at radius 3 is 2.77 bits per heavy atom. The maximum atomic E-state index is 15.1. The minimum Gasteiger partial charge on any atom is -0.343 e. The third-order valence-corrected chi connectivity index (χ3v) is 7.58. The van der Waals surface area contributed by atoms with Gasteiger partial charge in [-0.2, -0.15) is 0 Å². The van der Waals surface area contributed by atoms with Gasteiger partial charge >= 0.3 is 0 Å². The van der Waals surface area contributed by atoms with Crippen molar-refractivity contribution in [3.8, 4) is 0 Å². The molecular weight excluding hydrogens is 294 g/mol. The monoisotopic (exact) mass is 324 g/mol. The Kier molecular flexibility index (Phi) is 5.27. The lowest BCUT2D eigenvalue weighted by Crippen LogP contribution is -2.45. The van der Waals surface area contributed by atoms with Crippen LogP contribution >= 0.6 is 7.55 Å². The highest BCUT2D eigenvalue weighted by Gasteiger charge is 2.47. The van der Waals surface area contributed by atoms with E-state index >= 15 is 4.39 Å². The molecule has 2 nitrogen and oxygen atoms in total. The van der Waals surface area contributed by atoms with Gasteiger partial charge in [0, 0.05) is 11.9 Å². The summed E-state index contributed by atoms with van der Waals surface area (Å²) in [6.45, 7) is 14.1. The lowest BCUT2D eigenvalue weighted by atomic mass is 10.0. The van der Waals surface area contributed by atoms with Crippen LogP contribution in [0.5, 0.6) is 0 Å². The van der Waals surface area contributed by atoms with Crippen molar-refractivity contribution in [2.75, 3.05) is 6.16 Å². The van der Waals surface area contributed by atoms with Crippen LogP contribution in [0.4, 0.5) is 4.39 Å². The Morgan fingerprint density at radius 1 is 1.50 bits per heavy atom. The molecule has 0 aromatic heterocycles. The lowest BCUT2D eigenvalue weighted by Gasteiger charge is -2.37. The summed E-state index contributed by atoms with van der Waals surface area (Å²) in [7, 11) is -0.532. The predicted molar refractivity (Wildman–Crippen MR) is 98.5 cm³/mol. The average molecular weight is 324 g/mol. The van der Waals surface area contributed by atoms with Gasteiger partial charge in [0.2, 0.25) is 0 Å². The zero-order valence-electron chi connectivity index (χ0n) is 14.2. The van der Waals surface area contributed by atoms with Gasteiger partial charge in [0.25, 0.3) is 0 Å². The molecular formula is C18H30FN2P. The SMILES string of the molecule is C=C1C=CN(C2CC(CC[PH](=C)C(C)C)C[C@@]2(C)F)C(=C)N1. The molecule has 2 rings (SSSR count). The Morgan fingerprint density at radius 2 is 2.18 bits per heavy atom. The predicted octanol–water partition coefficient (Wildman–Crippen LogP) is 4.34. The van der Waals surface area contributed by atoms with Crippen LogP contribution in [0.25, 0.3) is 0 Å². The van der Waals surface area contributed by atoms with Crippen LogP contribution in [-0.4, -0.2) is 34.7 Å². The van der Waals surface area contributed by atoms with E-state index in [1.807, 2.05) is 17.2 Å². The fourth-order valence-electron chi connectivity index (χ4n) is 3.49. The Labute approximate surface area is 135 Å². The van der Waals surface area contributed by atoms with E-state index in [4.69, 9.17) is 0 Å². The number of halogens is 1. The van der Waals surface area contributed by atoms with Crippen LogP contribution in [0.15, 0.2) is 37.0 Å². The minimum absolute atomic E-state index is 0.138. The van der Waals surface area contributed by atoms with Crippen LogP contribution in [0.2, 0.25) is 0 Å². The van der Waals surface area contributed by atoms with Crippen molar-refractivity contribution in [2.45, 2.75) is 57.4 Å². The number of allylic oxidation sites excluding steroid dienone is 1. The third-order valence-electron chi connectivity index (χ3n) is 5.02. The van der Waals surface area contributed by atoms with E-state index in [0.717, 1.165) is 24.4 Å². The second-order valence-corrected chi connectivity index (χ2v) is 10.2. The van der Waals surface area contributed by atoms with Gasteiger partial charge in [0.1, 0.15) is 11.5 Å². The van der Waals surface area contributed by atoms with E-state index in [9.17, 15) is 0 Å². The van der Waals surface area contributed by atoms with Crippen molar-refractivity contribution in [1.82, 2.24) is 10.2 Å². The molecule has 22 heavy (non-hydrogen) atoms. The molecule has 0 saturated heterocycles. The zero-order chi connectivity index (χ0) is 16.5. The van der Waals surface area contributed by atoms with Crippen molar-refractivity contribution >= 4 is 13.8 Å². The molecule has 0 spiro atoms. The molecule has 1 aliphatic heterocycles. The normalized spacial score (nSPS) is 33.4. The summed E-state index contributed by atoms with van der Waals surface area (Å²) in [5, 5.41) is 3.10. The molecule has 0 aromatic carbocycles. The summed E-state index contributed by atoms with van der Waals surface area (Å²) in [4.78, 5) is 1.95. The van der Waals surface area contributed by atoms with Crippen molar-refractivity contribution in [3.63, 3.8) is 0 Å². The largest absolute Gasteiger partial charge is 0.343 e. The quantitative estimate of drug-likeness (QED) is 0.757. The summed E-state index contributed by atoms with van der Waals surface area (Å²) in [6, 6.07) is -0.138. The van der Waals surface area contributed by atoms with Gasteiger partial charge in [-0.05, 0) is 50.0 Å². The van der Waals surface area contributed by atoms with Crippen molar-refractivity contribution < 1.29 is 4.39 Å². The van der Waals surface area contributed by atoms with E-state index < -0.39 is 13.2 Å². The maximum Gasteiger partial charge on any atom is 0.129 e. The first-order valence-electron chi connectivity index (χ1n) is 8.18. The first-order valence-corrected chi connectivity index (χ1v) is 10.2. The second-order valence-electron chi connectivity index (χ2n) is 7.27. The topological polar surface area (TPSA) is 15.3 Å². The molecule has 124 valence electrons. The van der Waals surface area contributed by atoms with Crippen LogP contribution in [0.1, 0.15) is 40.0 Å². The Balaban J connectivity index is 2.01. The number of hydrogen-bond acceptors (Lipinski definition) is 2. The summed E-state index contributed by atoms with van der Waals surface area (Å²) < 4.78 is 15.1. The molecule has 2 aliphatic rings. The molecule has 1 N–H and O–H groups in total. The number of rotatable bonds is 5.